The molecule has 0 aliphatic carbocycles. The minimum Gasteiger partial charge on any atom is -0.493 e. The molecule has 0 aliphatic rings. The van der Waals surface area contributed by atoms with E-state index in [4.69, 9.17) is 14.2 Å². The van der Waals surface area contributed by atoms with Gasteiger partial charge in [-0.1, -0.05) is 26.0 Å². The maximum absolute atomic E-state index is 12.2. The molecule has 28 heavy (non-hydrogen) atoms. The number of carbonyl (C=O) groups is 2. The minimum absolute atomic E-state index is 0.283. The van der Waals surface area contributed by atoms with Gasteiger partial charge in [0.05, 0.1) is 19.3 Å². The molecule has 0 heterocycles. The van der Waals surface area contributed by atoms with Crippen LogP contribution in [0.1, 0.15) is 49.0 Å². The van der Waals surface area contributed by atoms with E-state index >= 15 is 0 Å². The van der Waals surface area contributed by atoms with Gasteiger partial charge in [0, 0.05) is 5.69 Å². The zero-order chi connectivity index (χ0) is 20.5. The molecule has 1 N–H and O–H groups in total. The van der Waals surface area contributed by atoms with Crippen molar-refractivity contribution in [2.75, 3.05) is 25.6 Å². The molecule has 1 amide bonds. The van der Waals surface area contributed by atoms with Crippen LogP contribution < -0.4 is 14.8 Å². The van der Waals surface area contributed by atoms with E-state index in [0.29, 0.717) is 29.7 Å². The Balaban J connectivity index is 1.90. The molecule has 6 heteroatoms. The molecule has 0 unspecified atom stereocenters. The van der Waals surface area contributed by atoms with E-state index in [9.17, 15) is 9.59 Å². The van der Waals surface area contributed by atoms with Gasteiger partial charge < -0.3 is 19.5 Å². The Morgan fingerprint density at radius 1 is 1.04 bits per heavy atom. The lowest BCUT2D eigenvalue weighted by molar-refractivity contribution is -0.119. The Bertz CT molecular complexity index is 801. The molecule has 2 aromatic carbocycles. The molecule has 0 radical (unpaired) electrons. The quantitative estimate of drug-likeness (QED) is 0.648. The molecule has 2 rings (SSSR count). The fourth-order valence-corrected chi connectivity index (χ4v) is 2.61. The van der Waals surface area contributed by atoms with E-state index in [0.717, 1.165) is 6.42 Å². The number of methoxy groups -OCH3 is 1. The highest BCUT2D eigenvalue weighted by Crippen LogP contribution is 2.28. The summed E-state index contributed by atoms with van der Waals surface area (Å²) in [5, 5.41) is 2.72. The van der Waals surface area contributed by atoms with Crippen molar-refractivity contribution in [1.82, 2.24) is 0 Å². The molecule has 0 spiro atoms. The monoisotopic (exact) mass is 385 g/mol. The molecule has 2 aromatic rings. The van der Waals surface area contributed by atoms with Crippen LogP contribution in [0.3, 0.4) is 0 Å². The summed E-state index contributed by atoms with van der Waals surface area (Å²) in [7, 11) is 1.49. The first-order valence-corrected chi connectivity index (χ1v) is 9.36. The number of rotatable bonds is 9. The fourth-order valence-electron chi connectivity index (χ4n) is 2.61. The topological polar surface area (TPSA) is 73.9 Å². The average Bonchev–Trinajstić information content (AvgIpc) is 2.72. The van der Waals surface area contributed by atoms with E-state index in [1.165, 1.54) is 18.7 Å². The van der Waals surface area contributed by atoms with Crippen LogP contribution in [0.5, 0.6) is 11.5 Å². The summed E-state index contributed by atoms with van der Waals surface area (Å²) in [5.74, 6) is 0.435. The summed E-state index contributed by atoms with van der Waals surface area (Å²) in [5.41, 5.74) is 2.17. The van der Waals surface area contributed by atoms with E-state index in [1.54, 1.807) is 12.1 Å². The molecule has 1 atom stereocenters. The van der Waals surface area contributed by atoms with Crippen LogP contribution >= 0.6 is 0 Å². The highest BCUT2D eigenvalue weighted by Gasteiger charge is 2.14. The number of hydrogen-bond acceptors (Lipinski definition) is 5. The van der Waals surface area contributed by atoms with Crippen molar-refractivity contribution in [3.63, 3.8) is 0 Å². The van der Waals surface area contributed by atoms with Crippen LogP contribution in [0.2, 0.25) is 0 Å². The summed E-state index contributed by atoms with van der Waals surface area (Å²) in [6.07, 6.45) is 1.05. The summed E-state index contributed by atoms with van der Waals surface area (Å²) >= 11 is 0. The maximum atomic E-state index is 12.2. The first-order chi connectivity index (χ1) is 13.5. The first kappa shape index (κ1) is 21.3. The van der Waals surface area contributed by atoms with Crippen molar-refractivity contribution in [3.05, 3.63) is 53.6 Å². The lowest BCUT2D eigenvalue weighted by Gasteiger charge is -2.12. The Morgan fingerprint density at radius 3 is 2.36 bits per heavy atom. The highest BCUT2D eigenvalue weighted by atomic mass is 16.5. The van der Waals surface area contributed by atoms with Gasteiger partial charge in [-0.3, -0.25) is 4.79 Å². The van der Waals surface area contributed by atoms with E-state index in [1.807, 2.05) is 31.2 Å². The molecule has 0 aliphatic heterocycles. The summed E-state index contributed by atoms with van der Waals surface area (Å²) < 4.78 is 15.7. The molecular weight excluding hydrogens is 358 g/mol. The second-order valence-electron chi connectivity index (χ2n) is 6.35. The first-order valence-electron chi connectivity index (χ1n) is 9.36. The predicted octanol–water partition coefficient (Wildman–Crippen LogP) is 4.40. The van der Waals surface area contributed by atoms with Gasteiger partial charge in [-0.15, -0.1) is 0 Å². The minimum atomic E-state index is -0.608. The molecule has 0 saturated carbocycles. The number of ether oxygens (including phenoxy) is 3. The van der Waals surface area contributed by atoms with Crippen LogP contribution in [0.15, 0.2) is 42.5 Å². The van der Waals surface area contributed by atoms with Crippen molar-refractivity contribution >= 4 is 17.6 Å². The third kappa shape index (κ3) is 5.74. The van der Waals surface area contributed by atoms with Gasteiger partial charge in [0.2, 0.25) is 0 Å². The molecule has 150 valence electrons. The Kier molecular flexibility index (Phi) is 7.87. The van der Waals surface area contributed by atoms with E-state index in [2.05, 4.69) is 19.2 Å². The number of benzene rings is 2. The fraction of sp³-hybridized carbons (Fsp3) is 0.364. The third-order valence-electron chi connectivity index (χ3n) is 4.41. The number of esters is 1. The summed E-state index contributed by atoms with van der Waals surface area (Å²) in [6.45, 7) is 6.26. The van der Waals surface area contributed by atoms with Gasteiger partial charge >= 0.3 is 5.97 Å². The van der Waals surface area contributed by atoms with Crippen LogP contribution in [-0.2, 0) is 9.53 Å². The Hall–Kier alpha value is -3.02. The van der Waals surface area contributed by atoms with Gasteiger partial charge in [-0.05, 0) is 55.2 Å². The van der Waals surface area contributed by atoms with Crippen LogP contribution in [-0.4, -0.2) is 32.2 Å². The SMILES string of the molecule is CCOc1ccc(C(=O)OCC(=O)Nc2ccc([C@@H](C)CC)cc2)cc1OC. The average molecular weight is 385 g/mol. The molecule has 0 aromatic heterocycles. The lowest BCUT2D eigenvalue weighted by atomic mass is 9.99. The van der Waals surface area contributed by atoms with Crippen molar-refractivity contribution in [2.45, 2.75) is 33.1 Å². The molecule has 6 nitrogen and oxygen atoms in total. The number of amides is 1. The summed E-state index contributed by atoms with van der Waals surface area (Å²) in [4.78, 5) is 24.2. The zero-order valence-corrected chi connectivity index (χ0v) is 16.8. The maximum Gasteiger partial charge on any atom is 0.338 e. The van der Waals surface area contributed by atoms with Crippen molar-refractivity contribution < 1.29 is 23.8 Å². The van der Waals surface area contributed by atoms with E-state index in [-0.39, 0.29) is 12.2 Å². The highest BCUT2D eigenvalue weighted by molar-refractivity contribution is 5.95. The third-order valence-corrected chi connectivity index (χ3v) is 4.41. The van der Waals surface area contributed by atoms with Gasteiger partial charge in [-0.2, -0.15) is 0 Å². The van der Waals surface area contributed by atoms with Crippen molar-refractivity contribution in [2.24, 2.45) is 0 Å². The number of anilines is 1. The number of hydrogen-bond donors (Lipinski definition) is 1. The molecule has 0 saturated heterocycles. The van der Waals surface area contributed by atoms with Gasteiger partial charge in [0.1, 0.15) is 0 Å². The van der Waals surface area contributed by atoms with Crippen molar-refractivity contribution in [3.8, 4) is 11.5 Å². The smallest absolute Gasteiger partial charge is 0.338 e. The Morgan fingerprint density at radius 2 is 1.75 bits per heavy atom. The van der Waals surface area contributed by atoms with Gasteiger partial charge in [-0.25, -0.2) is 4.79 Å². The second-order valence-corrected chi connectivity index (χ2v) is 6.35. The van der Waals surface area contributed by atoms with Crippen LogP contribution in [0, 0.1) is 0 Å². The predicted molar refractivity (Wildman–Crippen MR) is 108 cm³/mol. The van der Waals surface area contributed by atoms with Gasteiger partial charge in [0.15, 0.2) is 18.1 Å². The Labute approximate surface area is 165 Å². The zero-order valence-electron chi connectivity index (χ0n) is 16.8. The molecule has 0 fully saturated rings. The van der Waals surface area contributed by atoms with E-state index < -0.39 is 11.9 Å². The normalized spacial score (nSPS) is 11.4. The van der Waals surface area contributed by atoms with Crippen molar-refractivity contribution in [1.29, 1.82) is 0 Å². The number of carbonyl (C=O) groups excluding carboxylic acids is 2. The van der Waals surface area contributed by atoms with Crippen LogP contribution in [0.25, 0.3) is 0 Å². The lowest BCUT2D eigenvalue weighted by Crippen LogP contribution is -2.21. The van der Waals surface area contributed by atoms with Crippen LogP contribution in [0.4, 0.5) is 5.69 Å². The molecular formula is C22H27NO5. The second kappa shape index (κ2) is 10.3. The standard InChI is InChI=1S/C22H27NO5/c1-5-15(3)16-7-10-18(11-8-16)23-21(24)14-28-22(25)17-9-12-19(27-6-2)20(13-17)26-4/h7-13,15H,5-6,14H2,1-4H3,(H,23,24)/t15-/m0/s1. The molecule has 0 bridgehead atoms. The number of nitrogens with one attached hydrogen (secondary N) is 1. The summed E-state index contributed by atoms with van der Waals surface area (Å²) in [6, 6.07) is 12.4. The van der Waals surface area contributed by atoms with Gasteiger partial charge in [0.25, 0.3) is 5.91 Å². The largest absolute Gasteiger partial charge is 0.493 e.